The number of phenolic OH excluding ortho intramolecular Hbond substituents is 1. The lowest BCUT2D eigenvalue weighted by Gasteiger charge is -2.16. The molecule has 0 fully saturated rings. The van der Waals surface area contributed by atoms with Gasteiger partial charge in [-0.15, -0.1) is 0 Å². The minimum atomic E-state index is -0.851. The van der Waals surface area contributed by atoms with Crippen LogP contribution in [0.3, 0.4) is 0 Å². The Morgan fingerprint density at radius 3 is 1.22 bits per heavy atom. The number of aryl methyl sites for hydroxylation is 19. The molecule has 0 aliphatic rings. The van der Waals surface area contributed by atoms with Gasteiger partial charge in [-0.3, -0.25) is 4.79 Å². The number of carboxylic acids is 1. The molecule has 0 saturated heterocycles. The van der Waals surface area contributed by atoms with Gasteiger partial charge in [-0.25, -0.2) is 4.79 Å². The smallest absolute Gasteiger partial charge is 0.335 e. The minimum absolute atomic E-state index is 0.132. The van der Waals surface area contributed by atoms with Crippen molar-refractivity contribution in [2.45, 2.75) is 166 Å². The van der Waals surface area contributed by atoms with E-state index < -0.39 is 5.97 Å². The molecule has 9 aromatic carbocycles. The second-order valence-corrected chi connectivity index (χ2v) is 26.4. The van der Waals surface area contributed by atoms with Crippen molar-refractivity contribution in [2.75, 3.05) is 11.1 Å². The van der Waals surface area contributed by atoms with Gasteiger partial charge in [0.05, 0.1) is 22.3 Å². The molecule has 10 aromatic rings. The quantitative estimate of drug-likeness (QED) is 0.0519. The Morgan fingerprint density at radius 2 is 0.787 bits per heavy atom. The number of benzene rings is 9. The highest BCUT2D eigenvalue weighted by atomic mass is 127. The normalized spacial score (nSPS) is 10.4. The van der Waals surface area contributed by atoms with E-state index in [9.17, 15) is 9.59 Å². The van der Waals surface area contributed by atoms with Crippen molar-refractivity contribution in [3.8, 4) is 5.75 Å². The second-order valence-electron chi connectivity index (χ2n) is 24.3. The van der Waals surface area contributed by atoms with Crippen molar-refractivity contribution in [3.05, 3.63) is 272 Å². The maximum absolute atomic E-state index is 12.7. The topological polar surface area (TPSA) is 128 Å². The highest BCUT2D eigenvalue weighted by Gasteiger charge is 2.14. The monoisotopic (exact) mass is 1420 g/mol. The fraction of sp³-hybridized carbons (Fsp3) is 0.300. The highest BCUT2D eigenvalue weighted by molar-refractivity contribution is 14.1. The lowest BCUT2D eigenvalue weighted by atomic mass is 9.98. The number of aromatic amines is 1. The first-order chi connectivity index (χ1) is 41.5. The largest absolute Gasteiger partial charge is 0.506 e. The molecule has 1 heterocycles. The molecule has 470 valence electrons. The standard InChI is InChI=1S/C17H17NO.C17H21N.2C10H13I.C10H12O2.C10H14.C6H7NO/c1-9-6-5-7-13-15(9)18-16-12(4)10(2)8-11(3)14(16)17(13)19;1-11-9-14(4)15(5)16(10-11)18-17-12(2)7-6-8-13(17)3;2*1-6-5-7(2)9(4)10(11)8(6)3;1-6-4-8(3)9(10(11)12)5-7(6)2;1-7-5-9(3)10(4)6-8(7)2;7-5-3-1-2-4-6(5)8/h5-8H,1-4H3,(H,18,19);6-10,18H,1-5H3;2*5H,1-4H3;4-5H,1-3H3,(H,11,12);5-6H,1-4H3;1-4,8H,7H2. The molecule has 0 amide bonds. The van der Waals surface area contributed by atoms with Crippen molar-refractivity contribution in [1.82, 2.24) is 4.98 Å². The van der Waals surface area contributed by atoms with E-state index in [2.05, 4.69) is 248 Å². The van der Waals surface area contributed by atoms with Crippen molar-refractivity contribution < 1.29 is 15.0 Å². The van der Waals surface area contributed by atoms with Crippen LogP contribution < -0.4 is 16.5 Å². The number of carboxylic acid groups (broad SMARTS) is 1. The molecule has 10 rings (SSSR count). The zero-order valence-electron chi connectivity index (χ0n) is 57.5. The molecule has 89 heavy (non-hydrogen) atoms. The summed E-state index contributed by atoms with van der Waals surface area (Å²) in [6.45, 7) is 50.7. The van der Waals surface area contributed by atoms with E-state index in [1.807, 2.05) is 58.9 Å². The Balaban J connectivity index is 0.000000226. The summed E-state index contributed by atoms with van der Waals surface area (Å²) >= 11 is 4.84. The molecular weight excluding hydrogens is 1320 g/mol. The molecule has 0 spiro atoms. The molecule has 0 radical (unpaired) electrons. The summed E-state index contributed by atoms with van der Waals surface area (Å²) in [5.74, 6) is -0.705. The van der Waals surface area contributed by atoms with Crippen LogP contribution in [0.25, 0.3) is 21.8 Å². The number of carbonyl (C=O) groups is 1. The number of para-hydroxylation sites is 4. The number of phenols is 1. The van der Waals surface area contributed by atoms with Crippen LogP contribution in [0.15, 0.2) is 120 Å². The second kappa shape index (κ2) is 33.0. The predicted molar refractivity (Wildman–Crippen MR) is 403 cm³/mol. The molecule has 0 aliphatic carbocycles. The number of hydrogen-bond acceptors (Lipinski definition) is 5. The van der Waals surface area contributed by atoms with Crippen LogP contribution in [-0.4, -0.2) is 21.2 Å². The number of H-pyrrole nitrogens is 1. The number of rotatable bonds is 3. The first-order valence-corrected chi connectivity index (χ1v) is 32.4. The van der Waals surface area contributed by atoms with Gasteiger partial charge in [0, 0.05) is 29.3 Å². The molecule has 0 atom stereocenters. The summed E-state index contributed by atoms with van der Waals surface area (Å²) in [5.41, 5.74) is 41.5. The lowest BCUT2D eigenvalue weighted by Crippen LogP contribution is -2.08. The maximum Gasteiger partial charge on any atom is 0.335 e. The number of anilines is 3. The Hall–Kier alpha value is -7.22. The van der Waals surface area contributed by atoms with Crippen LogP contribution in [0.2, 0.25) is 0 Å². The van der Waals surface area contributed by atoms with Crippen LogP contribution >= 0.6 is 45.2 Å². The molecule has 0 bridgehead atoms. The Morgan fingerprint density at radius 1 is 0.404 bits per heavy atom. The summed E-state index contributed by atoms with van der Waals surface area (Å²) < 4.78 is 2.83. The molecule has 7 nitrogen and oxygen atoms in total. The summed E-state index contributed by atoms with van der Waals surface area (Å²) in [6.07, 6.45) is 0. The summed E-state index contributed by atoms with van der Waals surface area (Å²) in [7, 11) is 0. The van der Waals surface area contributed by atoms with E-state index in [1.165, 1.54) is 119 Å². The third kappa shape index (κ3) is 19.6. The van der Waals surface area contributed by atoms with Gasteiger partial charge in [-0.2, -0.15) is 0 Å². The van der Waals surface area contributed by atoms with Gasteiger partial charge in [-0.1, -0.05) is 84.9 Å². The van der Waals surface area contributed by atoms with E-state index >= 15 is 0 Å². The third-order valence-electron chi connectivity index (χ3n) is 17.3. The number of pyridine rings is 1. The molecule has 0 unspecified atom stereocenters. The fourth-order valence-corrected chi connectivity index (χ4v) is 12.0. The van der Waals surface area contributed by atoms with E-state index in [1.54, 1.807) is 30.3 Å². The van der Waals surface area contributed by atoms with Gasteiger partial charge in [0.1, 0.15) is 5.75 Å². The number of nitrogens with two attached hydrogens (primary N) is 1. The van der Waals surface area contributed by atoms with Gasteiger partial charge in [0.2, 0.25) is 0 Å². The van der Waals surface area contributed by atoms with Crippen LogP contribution in [0.4, 0.5) is 17.1 Å². The van der Waals surface area contributed by atoms with Crippen molar-refractivity contribution in [3.63, 3.8) is 0 Å². The van der Waals surface area contributed by atoms with Gasteiger partial charge < -0.3 is 26.2 Å². The molecule has 0 saturated carbocycles. The van der Waals surface area contributed by atoms with E-state index in [0.717, 1.165) is 55.2 Å². The third-order valence-corrected chi connectivity index (χ3v) is 20.5. The Bertz CT molecular complexity index is 4060. The number of hydrogen-bond donors (Lipinski definition) is 5. The fourth-order valence-electron chi connectivity index (χ4n) is 10.3. The average molecular weight is 1420 g/mol. The first-order valence-electron chi connectivity index (χ1n) is 30.3. The number of fused-ring (bicyclic) bond motifs is 2. The number of halogens is 2. The molecule has 1 aromatic heterocycles. The lowest BCUT2D eigenvalue weighted by molar-refractivity contribution is 0.0696. The Labute approximate surface area is 560 Å². The zero-order chi connectivity index (χ0) is 67.2. The highest BCUT2D eigenvalue weighted by Crippen LogP contribution is 2.30. The van der Waals surface area contributed by atoms with Crippen LogP contribution in [-0.2, 0) is 0 Å². The van der Waals surface area contributed by atoms with Gasteiger partial charge in [0.25, 0.3) is 0 Å². The molecule has 6 N–H and O–H groups in total. The summed E-state index contributed by atoms with van der Waals surface area (Å²) in [4.78, 5) is 26.9. The molecule has 9 heteroatoms. The number of aromatic carboxylic acids is 1. The number of aromatic nitrogens is 1. The van der Waals surface area contributed by atoms with Crippen molar-refractivity contribution in [1.29, 1.82) is 0 Å². The van der Waals surface area contributed by atoms with E-state index in [4.69, 9.17) is 15.9 Å². The predicted octanol–water partition coefficient (Wildman–Crippen LogP) is 22.1. The van der Waals surface area contributed by atoms with Crippen molar-refractivity contribution >= 4 is 90.0 Å². The maximum atomic E-state index is 12.7. The first kappa shape index (κ1) is 74.2. The van der Waals surface area contributed by atoms with Crippen LogP contribution in [0.1, 0.15) is 144 Å². The minimum Gasteiger partial charge on any atom is -0.506 e. The Kier molecular flexibility index (Phi) is 27.5. The molecule has 0 aliphatic heterocycles. The zero-order valence-corrected chi connectivity index (χ0v) is 61.8. The van der Waals surface area contributed by atoms with Crippen molar-refractivity contribution in [2.24, 2.45) is 0 Å². The summed E-state index contributed by atoms with van der Waals surface area (Å²) in [5, 5.41) is 22.8. The van der Waals surface area contributed by atoms with E-state index in [-0.39, 0.29) is 11.2 Å². The van der Waals surface area contributed by atoms with Gasteiger partial charge >= 0.3 is 5.97 Å². The number of nitrogens with one attached hydrogen (secondary N) is 2. The SMILES string of the molecule is Cc1cc(C)c(C(=O)O)cc1C.Cc1cc(C)c(C)c(I)c1C.Cc1cc(C)c(C)c(I)c1C.Cc1cc(C)c(C)c(Nc2c(C)cccc2C)c1.Cc1cc(C)c(C)cc1C.Cc1cc(C)c2c(=O)c3cccc(C)c3[nH]c2c1C.Nc1ccccc1O. The number of nitrogen functional groups attached to an aromatic ring is 1. The molecular formula is C80H97I2N3O4. The van der Waals surface area contributed by atoms with Crippen LogP contribution in [0.5, 0.6) is 5.75 Å². The van der Waals surface area contributed by atoms with Crippen LogP contribution in [0, 0.1) is 173 Å². The van der Waals surface area contributed by atoms with E-state index in [0.29, 0.717) is 11.3 Å². The number of aromatic hydroxyl groups is 1. The van der Waals surface area contributed by atoms with Gasteiger partial charge in [0.15, 0.2) is 5.43 Å². The van der Waals surface area contributed by atoms with Gasteiger partial charge in [-0.05, 0) is 375 Å². The summed E-state index contributed by atoms with van der Waals surface area (Å²) in [6, 6.07) is 38.1. The average Bonchev–Trinajstić information content (AvgIpc) is 2.30.